The van der Waals surface area contributed by atoms with Crippen LogP contribution in [0.2, 0.25) is 0 Å². The minimum absolute atomic E-state index is 0.251. The van der Waals surface area contributed by atoms with E-state index in [2.05, 4.69) is 4.90 Å². The second-order valence-electron chi connectivity index (χ2n) is 5.81. The molecule has 2 atom stereocenters. The van der Waals surface area contributed by atoms with E-state index in [1.54, 1.807) is 24.3 Å². The van der Waals surface area contributed by atoms with Crippen LogP contribution in [0.25, 0.3) is 0 Å². The van der Waals surface area contributed by atoms with Crippen molar-refractivity contribution in [1.29, 1.82) is 0 Å². The zero-order chi connectivity index (χ0) is 15.1. The summed E-state index contributed by atoms with van der Waals surface area (Å²) < 4.78 is 5.57. The maximum atomic E-state index is 10.1. The van der Waals surface area contributed by atoms with Crippen molar-refractivity contribution >= 4 is 5.69 Å². The Morgan fingerprint density at radius 1 is 1.33 bits per heavy atom. The van der Waals surface area contributed by atoms with Crippen molar-refractivity contribution in [3.63, 3.8) is 0 Å². The average Bonchev–Trinajstić information content (AvgIpc) is 2.47. The summed E-state index contributed by atoms with van der Waals surface area (Å²) in [4.78, 5) is 2.26. The predicted octanol–water partition coefficient (Wildman–Crippen LogP) is 1.10. The number of β-amino-alcohol motifs (C(OH)–C–C–N with tert-alkyl or cyclic N) is 1. The highest BCUT2D eigenvalue weighted by molar-refractivity contribution is 5.41. The molecule has 21 heavy (non-hydrogen) atoms. The van der Waals surface area contributed by atoms with Crippen molar-refractivity contribution in [1.82, 2.24) is 4.90 Å². The van der Waals surface area contributed by atoms with Gasteiger partial charge in [0, 0.05) is 25.4 Å². The maximum Gasteiger partial charge on any atom is 0.119 e. The molecule has 0 amide bonds. The fourth-order valence-electron chi connectivity index (χ4n) is 2.84. The van der Waals surface area contributed by atoms with Gasteiger partial charge in [0.2, 0.25) is 0 Å². The number of nitrogens with zero attached hydrogens (tertiary/aromatic N) is 1. The number of hydrogen-bond donors (Lipinski definition) is 3. The topological polar surface area (TPSA) is 79.0 Å². The molecule has 4 N–H and O–H groups in total. The van der Waals surface area contributed by atoms with Crippen molar-refractivity contribution in [3.05, 3.63) is 24.3 Å². The van der Waals surface area contributed by atoms with Gasteiger partial charge in [-0.1, -0.05) is 0 Å². The second kappa shape index (κ2) is 8.22. The van der Waals surface area contributed by atoms with E-state index in [-0.39, 0.29) is 13.2 Å². The van der Waals surface area contributed by atoms with Gasteiger partial charge < -0.3 is 25.6 Å². The highest BCUT2D eigenvalue weighted by Gasteiger charge is 2.21. The third-order valence-electron chi connectivity index (χ3n) is 3.93. The van der Waals surface area contributed by atoms with Crippen LogP contribution in [0.15, 0.2) is 24.3 Å². The third kappa shape index (κ3) is 5.53. The summed E-state index contributed by atoms with van der Waals surface area (Å²) in [5.74, 6) is 1.27. The maximum absolute atomic E-state index is 10.1. The van der Waals surface area contributed by atoms with E-state index in [0.29, 0.717) is 18.2 Å². The van der Waals surface area contributed by atoms with Crippen LogP contribution in [-0.4, -0.2) is 54.1 Å². The minimum atomic E-state index is -0.504. The molecule has 0 aliphatic carbocycles. The van der Waals surface area contributed by atoms with Gasteiger partial charge in [0.15, 0.2) is 0 Å². The third-order valence-corrected chi connectivity index (χ3v) is 3.93. The van der Waals surface area contributed by atoms with Gasteiger partial charge in [0.1, 0.15) is 18.5 Å². The Morgan fingerprint density at radius 3 is 2.81 bits per heavy atom. The quantitative estimate of drug-likeness (QED) is 0.656. The Labute approximate surface area is 126 Å². The molecule has 1 aromatic rings. The molecule has 1 aliphatic rings. The molecule has 1 fully saturated rings. The van der Waals surface area contributed by atoms with Crippen LogP contribution in [-0.2, 0) is 0 Å². The molecule has 0 radical (unpaired) electrons. The number of aliphatic hydroxyl groups excluding tert-OH is 2. The molecule has 0 bridgehead atoms. The summed E-state index contributed by atoms with van der Waals surface area (Å²) in [6, 6.07) is 7.18. The largest absolute Gasteiger partial charge is 0.491 e. The molecular formula is C16H26N2O3. The van der Waals surface area contributed by atoms with Crippen LogP contribution < -0.4 is 10.5 Å². The molecule has 0 saturated carbocycles. The van der Waals surface area contributed by atoms with Gasteiger partial charge in [0.05, 0.1) is 0 Å². The minimum Gasteiger partial charge on any atom is -0.491 e. The van der Waals surface area contributed by atoms with Crippen molar-refractivity contribution in [2.24, 2.45) is 5.92 Å². The number of benzene rings is 1. The molecular weight excluding hydrogens is 268 g/mol. The van der Waals surface area contributed by atoms with E-state index in [9.17, 15) is 5.11 Å². The Bertz CT molecular complexity index is 408. The zero-order valence-corrected chi connectivity index (χ0v) is 12.4. The second-order valence-corrected chi connectivity index (χ2v) is 5.81. The van der Waals surface area contributed by atoms with Crippen LogP contribution in [0.1, 0.15) is 19.3 Å². The first-order valence-electron chi connectivity index (χ1n) is 7.67. The fraction of sp³-hybridized carbons (Fsp3) is 0.625. The smallest absolute Gasteiger partial charge is 0.119 e. The van der Waals surface area contributed by atoms with Crippen LogP contribution >= 0.6 is 0 Å². The van der Waals surface area contributed by atoms with Crippen molar-refractivity contribution in [3.8, 4) is 5.75 Å². The molecule has 0 spiro atoms. The number of aliphatic hydroxyl groups is 2. The van der Waals surface area contributed by atoms with E-state index in [0.717, 1.165) is 31.7 Å². The molecule has 1 saturated heterocycles. The molecule has 1 aliphatic heterocycles. The standard InChI is InChI=1S/C16H26N2O3/c17-14-3-5-16(6-4-14)21-12-15(20)11-18-8-1-2-13(10-18)7-9-19/h3-6,13,15,19-20H,1-2,7-12,17H2. The van der Waals surface area contributed by atoms with Crippen molar-refractivity contribution in [2.75, 3.05) is 38.6 Å². The number of nitrogens with two attached hydrogens (primary N) is 1. The highest BCUT2D eigenvalue weighted by atomic mass is 16.5. The predicted molar refractivity (Wildman–Crippen MR) is 83.2 cm³/mol. The lowest BCUT2D eigenvalue weighted by molar-refractivity contribution is 0.0487. The molecule has 118 valence electrons. The molecule has 5 nitrogen and oxygen atoms in total. The van der Waals surface area contributed by atoms with Gasteiger partial charge in [-0.05, 0) is 56.0 Å². The van der Waals surface area contributed by atoms with Crippen LogP contribution in [0.3, 0.4) is 0 Å². The van der Waals surface area contributed by atoms with Crippen LogP contribution in [0.4, 0.5) is 5.69 Å². The summed E-state index contributed by atoms with van der Waals surface area (Å²) in [6.45, 7) is 3.13. The van der Waals surface area contributed by atoms with Gasteiger partial charge in [-0.25, -0.2) is 0 Å². The Morgan fingerprint density at radius 2 is 2.10 bits per heavy atom. The number of hydrogen-bond acceptors (Lipinski definition) is 5. The number of rotatable bonds is 7. The summed E-state index contributed by atoms with van der Waals surface area (Å²) in [5.41, 5.74) is 6.31. The van der Waals surface area contributed by atoms with Gasteiger partial charge in [-0.3, -0.25) is 0 Å². The lowest BCUT2D eigenvalue weighted by atomic mass is 9.95. The summed E-state index contributed by atoms with van der Waals surface area (Å²) in [6.07, 6.45) is 2.66. The van der Waals surface area contributed by atoms with E-state index in [1.165, 1.54) is 6.42 Å². The Hall–Kier alpha value is -1.30. The monoisotopic (exact) mass is 294 g/mol. The first-order valence-corrected chi connectivity index (χ1v) is 7.67. The first-order chi connectivity index (χ1) is 10.2. The van der Waals surface area contributed by atoms with Gasteiger partial charge >= 0.3 is 0 Å². The highest BCUT2D eigenvalue weighted by Crippen LogP contribution is 2.19. The normalized spacial score (nSPS) is 21.1. The number of likely N-dealkylation sites (tertiary alicyclic amines) is 1. The Kier molecular flexibility index (Phi) is 6.29. The molecule has 1 heterocycles. The van der Waals surface area contributed by atoms with E-state index >= 15 is 0 Å². The van der Waals surface area contributed by atoms with Crippen LogP contribution in [0, 0.1) is 5.92 Å². The van der Waals surface area contributed by atoms with Gasteiger partial charge in [0.25, 0.3) is 0 Å². The van der Waals surface area contributed by atoms with Crippen molar-refractivity contribution in [2.45, 2.75) is 25.4 Å². The molecule has 0 aromatic heterocycles. The average molecular weight is 294 g/mol. The molecule has 2 unspecified atom stereocenters. The zero-order valence-electron chi connectivity index (χ0n) is 12.4. The fourth-order valence-corrected chi connectivity index (χ4v) is 2.84. The van der Waals surface area contributed by atoms with Gasteiger partial charge in [-0.15, -0.1) is 0 Å². The number of ether oxygens (including phenoxy) is 1. The van der Waals surface area contributed by atoms with E-state index in [4.69, 9.17) is 15.6 Å². The Balaban J connectivity index is 1.71. The lowest BCUT2D eigenvalue weighted by Crippen LogP contribution is -2.42. The van der Waals surface area contributed by atoms with Gasteiger partial charge in [-0.2, -0.15) is 0 Å². The summed E-state index contributed by atoms with van der Waals surface area (Å²) in [5, 5.41) is 19.1. The molecule has 2 rings (SSSR count). The van der Waals surface area contributed by atoms with E-state index < -0.39 is 6.10 Å². The molecule has 5 heteroatoms. The lowest BCUT2D eigenvalue weighted by Gasteiger charge is -2.33. The first kappa shape index (κ1) is 16.1. The van der Waals surface area contributed by atoms with E-state index in [1.807, 2.05) is 0 Å². The summed E-state index contributed by atoms with van der Waals surface area (Å²) in [7, 11) is 0. The van der Waals surface area contributed by atoms with Crippen molar-refractivity contribution < 1.29 is 14.9 Å². The number of piperidine rings is 1. The number of anilines is 1. The van der Waals surface area contributed by atoms with Crippen LogP contribution in [0.5, 0.6) is 5.75 Å². The number of nitrogen functional groups attached to an aromatic ring is 1. The molecule has 1 aromatic carbocycles. The SMILES string of the molecule is Nc1ccc(OCC(O)CN2CCCC(CCO)C2)cc1. The summed E-state index contributed by atoms with van der Waals surface area (Å²) >= 11 is 0.